The van der Waals surface area contributed by atoms with Gasteiger partial charge >= 0.3 is 6.18 Å². The van der Waals surface area contributed by atoms with E-state index in [-0.39, 0.29) is 18.2 Å². The first-order valence-corrected chi connectivity index (χ1v) is 9.29. The van der Waals surface area contributed by atoms with Crippen molar-refractivity contribution < 1.29 is 27.4 Å². The lowest BCUT2D eigenvalue weighted by atomic mass is 10.2. The van der Waals surface area contributed by atoms with Crippen LogP contribution in [0.5, 0.6) is 11.5 Å². The number of benzene rings is 2. The molecule has 29 heavy (non-hydrogen) atoms. The first kappa shape index (κ1) is 19.1. The fraction of sp³-hybridized carbons (Fsp3) is 0.158. The van der Waals surface area contributed by atoms with E-state index in [1.165, 1.54) is 12.1 Å². The van der Waals surface area contributed by atoms with E-state index in [0.717, 1.165) is 29.2 Å². The fourth-order valence-electron chi connectivity index (χ4n) is 2.74. The summed E-state index contributed by atoms with van der Waals surface area (Å²) in [5, 5.41) is 7.23. The second-order valence-electron chi connectivity index (χ2n) is 6.15. The highest BCUT2D eigenvalue weighted by molar-refractivity contribution is 7.04. The maximum Gasteiger partial charge on any atom is 0.416 e. The van der Waals surface area contributed by atoms with Crippen molar-refractivity contribution >= 4 is 28.8 Å². The van der Waals surface area contributed by atoms with E-state index < -0.39 is 17.6 Å². The van der Waals surface area contributed by atoms with Crippen LogP contribution < -0.4 is 20.1 Å². The van der Waals surface area contributed by atoms with Crippen LogP contribution in [-0.2, 0) is 12.7 Å². The van der Waals surface area contributed by atoms with Gasteiger partial charge in [-0.05, 0) is 47.4 Å². The summed E-state index contributed by atoms with van der Waals surface area (Å²) < 4.78 is 53.2. The Morgan fingerprint density at radius 3 is 2.79 bits per heavy atom. The molecule has 3 aromatic rings. The zero-order valence-electron chi connectivity index (χ0n) is 14.7. The lowest BCUT2D eigenvalue weighted by molar-refractivity contribution is -0.137. The first-order valence-electron chi connectivity index (χ1n) is 8.45. The van der Waals surface area contributed by atoms with Crippen LogP contribution in [0.1, 0.15) is 21.6 Å². The molecule has 10 heteroatoms. The molecule has 0 spiro atoms. The van der Waals surface area contributed by atoms with Gasteiger partial charge in [0.15, 0.2) is 17.2 Å². The highest BCUT2D eigenvalue weighted by Crippen LogP contribution is 2.33. The molecule has 0 atom stereocenters. The summed E-state index contributed by atoms with van der Waals surface area (Å²) in [7, 11) is 0. The summed E-state index contributed by atoms with van der Waals surface area (Å²) in [5.41, 5.74) is 0.698. The summed E-state index contributed by atoms with van der Waals surface area (Å²) in [4.78, 5) is 12.5. The van der Waals surface area contributed by atoms with Crippen molar-refractivity contribution in [3.63, 3.8) is 0 Å². The Morgan fingerprint density at radius 1 is 1.14 bits per heavy atom. The van der Waals surface area contributed by atoms with Crippen LogP contribution in [0.25, 0.3) is 0 Å². The number of ether oxygens (including phenoxy) is 2. The Labute approximate surface area is 167 Å². The molecule has 6 nitrogen and oxygen atoms in total. The maximum absolute atomic E-state index is 12.8. The Balaban J connectivity index is 1.44. The number of alkyl halides is 3. The summed E-state index contributed by atoms with van der Waals surface area (Å²) in [6, 6.07) is 9.94. The van der Waals surface area contributed by atoms with E-state index in [9.17, 15) is 18.0 Å². The largest absolute Gasteiger partial charge is 0.454 e. The van der Waals surface area contributed by atoms with Gasteiger partial charge in [-0.1, -0.05) is 12.1 Å². The first-order chi connectivity index (χ1) is 13.9. The van der Waals surface area contributed by atoms with Gasteiger partial charge in [-0.2, -0.15) is 17.5 Å². The van der Waals surface area contributed by atoms with Crippen molar-refractivity contribution in [1.82, 2.24) is 4.37 Å². The van der Waals surface area contributed by atoms with E-state index in [0.29, 0.717) is 23.7 Å². The van der Waals surface area contributed by atoms with Crippen molar-refractivity contribution in [1.29, 1.82) is 0 Å². The second kappa shape index (κ2) is 7.63. The van der Waals surface area contributed by atoms with Crippen molar-refractivity contribution in [2.45, 2.75) is 12.7 Å². The van der Waals surface area contributed by atoms with Gasteiger partial charge in [-0.15, -0.1) is 0 Å². The predicted octanol–water partition coefficient (Wildman–Crippen LogP) is 4.76. The van der Waals surface area contributed by atoms with Crippen LogP contribution in [0.4, 0.5) is 24.5 Å². The van der Waals surface area contributed by atoms with E-state index >= 15 is 0 Å². The molecule has 2 aromatic carbocycles. The topological polar surface area (TPSA) is 72.5 Å². The van der Waals surface area contributed by atoms with Gasteiger partial charge in [0.1, 0.15) is 0 Å². The van der Waals surface area contributed by atoms with Crippen molar-refractivity contribution in [3.05, 3.63) is 64.7 Å². The number of carbonyl (C=O) groups is 1. The quantitative estimate of drug-likeness (QED) is 0.622. The minimum Gasteiger partial charge on any atom is -0.454 e. The van der Waals surface area contributed by atoms with E-state index in [2.05, 4.69) is 15.0 Å². The van der Waals surface area contributed by atoms with Gasteiger partial charge in [-0.25, -0.2) is 0 Å². The minimum absolute atomic E-state index is 0.0412. The molecule has 1 aromatic heterocycles. The van der Waals surface area contributed by atoms with Crippen LogP contribution in [0.2, 0.25) is 0 Å². The highest BCUT2D eigenvalue weighted by atomic mass is 32.1. The zero-order chi connectivity index (χ0) is 20.4. The third-order valence-corrected chi connectivity index (χ3v) is 4.78. The number of nitrogens with zero attached hydrogens (tertiary/aromatic N) is 1. The number of halogens is 3. The lowest BCUT2D eigenvalue weighted by Gasteiger charge is -2.10. The van der Waals surface area contributed by atoms with Gasteiger partial charge in [0.05, 0.1) is 11.3 Å². The van der Waals surface area contributed by atoms with Crippen LogP contribution in [0.3, 0.4) is 0 Å². The van der Waals surface area contributed by atoms with Crippen LogP contribution in [0, 0.1) is 0 Å². The highest BCUT2D eigenvalue weighted by Gasteiger charge is 2.30. The molecule has 0 saturated carbocycles. The van der Waals surface area contributed by atoms with E-state index in [4.69, 9.17) is 9.47 Å². The third kappa shape index (κ3) is 4.27. The number of hydrogen-bond acceptors (Lipinski definition) is 6. The Bertz CT molecular complexity index is 1050. The number of hydrogen-bond donors (Lipinski definition) is 2. The summed E-state index contributed by atoms with van der Waals surface area (Å²) >= 11 is 1.07. The van der Waals surface area contributed by atoms with Gasteiger partial charge < -0.3 is 20.1 Å². The Kier molecular flexibility index (Phi) is 5.01. The monoisotopic (exact) mass is 421 g/mol. The molecule has 0 radical (unpaired) electrons. The summed E-state index contributed by atoms with van der Waals surface area (Å²) in [5.74, 6) is 0.723. The average molecular weight is 421 g/mol. The van der Waals surface area contributed by atoms with Crippen LogP contribution in [-0.4, -0.2) is 17.1 Å². The molecular weight excluding hydrogens is 407 g/mol. The number of aromatic nitrogens is 1. The standard InChI is InChI=1S/C19H14F3N3O3S/c20-19(21,22)12-2-1-3-13(7-12)24-18(26)17-14(9-29-25-17)23-8-11-4-5-15-16(6-11)28-10-27-15/h1-7,9,23H,8,10H2,(H,24,26). The number of anilines is 2. The predicted molar refractivity (Wildman–Crippen MR) is 101 cm³/mol. The maximum atomic E-state index is 12.8. The molecule has 0 unspecified atom stereocenters. The molecule has 1 aliphatic heterocycles. The number of rotatable bonds is 5. The molecule has 0 fully saturated rings. The minimum atomic E-state index is -4.49. The van der Waals surface area contributed by atoms with Gasteiger partial charge in [0.25, 0.3) is 5.91 Å². The molecule has 0 bridgehead atoms. The van der Waals surface area contributed by atoms with Gasteiger partial charge in [0.2, 0.25) is 6.79 Å². The number of carbonyl (C=O) groups excluding carboxylic acids is 1. The molecule has 1 aliphatic rings. The van der Waals surface area contributed by atoms with E-state index in [1.54, 1.807) is 11.4 Å². The molecule has 4 rings (SSSR count). The van der Waals surface area contributed by atoms with Crippen molar-refractivity contribution in [3.8, 4) is 11.5 Å². The lowest BCUT2D eigenvalue weighted by Crippen LogP contribution is -2.15. The average Bonchev–Trinajstić information content (AvgIpc) is 3.34. The van der Waals surface area contributed by atoms with Gasteiger partial charge in [-0.3, -0.25) is 4.79 Å². The van der Waals surface area contributed by atoms with Crippen LogP contribution >= 0.6 is 11.5 Å². The summed E-state index contributed by atoms with van der Waals surface area (Å²) in [6.45, 7) is 0.583. The van der Waals surface area contributed by atoms with Crippen LogP contribution in [0.15, 0.2) is 47.8 Å². The molecule has 2 heterocycles. The SMILES string of the molecule is O=C(Nc1cccc(C(F)(F)F)c1)c1nscc1NCc1ccc2c(c1)OCO2. The number of fused-ring (bicyclic) bond motifs is 1. The molecule has 0 saturated heterocycles. The molecule has 150 valence electrons. The third-order valence-electron chi connectivity index (χ3n) is 4.15. The zero-order valence-corrected chi connectivity index (χ0v) is 15.6. The normalized spacial score (nSPS) is 12.7. The number of amides is 1. The Hall–Kier alpha value is -3.27. The summed E-state index contributed by atoms with van der Waals surface area (Å²) in [6.07, 6.45) is -4.49. The second-order valence-corrected chi connectivity index (χ2v) is 6.78. The fourth-order valence-corrected chi connectivity index (χ4v) is 3.38. The molecule has 2 N–H and O–H groups in total. The van der Waals surface area contributed by atoms with Crippen molar-refractivity contribution in [2.24, 2.45) is 0 Å². The van der Waals surface area contributed by atoms with E-state index in [1.807, 2.05) is 12.1 Å². The molecular formula is C19H14F3N3O3S. The van der Waals surface area contributed by atoms with Crippen molar-refractivity contribution in [2.75, 3.05) is 17.4 Å². The van der Waals surface area contributed by atoms with Gasteiger partial charge in [0, 0.05) is 17.6 Å². The molecule has 0 aliphatic carbocycles. The smallest absolute Gasteiger partial charge is 0.416 e. The Morgan fingerprint density at radius 2 is 1.97 bits per heavy atom. The molecule has 1 amide bonds. The number of nitrogens with one attached hydrogen (secondary N) is 2.